The number of nitrogens with one attached hydrogen (secondary N) is 1. The van der Waals surface area contributed by atoms with Crippen LogP contribution in [0.15, 0.2) is 36.7 Å². The van der Waals surface area contributed by atoms with E-state index < -0.39 is 17.7 Å². The van der Waals surface area contributed by atoms with Gasteiger partial charge in [0.05, 0.1) is 22.9 Å². The lowest BCUT2D eigenvalue weighted by atomic mass is 10.1. The van der Waals surface area contributed by atoms with Gasteiger partial charge in [-0.2, -0.15) is 0 Å². The predicted octanol–water partition coefficient (Wildman–Crippen LogP) is 4.17. The second kappa shape index (κ2) is 6.24. The molecule has 0 amide bonds. The molecule has 3 rings (SSSR count). The molecule has 3 aromatic rings. The van der Waals surface area contributed by atoms with E-state index in [1.165, 1.54) is 18.3 Å². The van der Waals surface area contributed by atoms with E-state index in [4.69, 9.17) is 0 Å². The van der Waals surface area contributed by atoms with Crippen molar-refractivity contribution < 1.29 is 8.78 Å². The standard InChI is InChI=1S/C17H16F2N4/c1-3-12(15-11(18)6-4-8-20-15)23-17-14(19)10(2)22-13-7-5-9-21-16(13)17/h4-9,12H,3H2,1-2H3,(H,22,23)/t12-/m0/s1. The molecule has 0 unspecified atom stereocenters. The highest BCUT2D eigenvalue weighted by Gasteiger charge is 2.20. The van der Waals surface area contributed by atoms with Crippen LogP contribution in [0.5, 0.6) is 0 Å². The number of aryl methyl sites for hydroxylation is 1. The van der Waals surface area contributed by atoms with Crippen molar-refractivity contribution in [1.29, 1.82) is 0 Å². The number of pyridine rings is 3. The van der Waals surface area contributed by atoms with Gasteiger partial charge in [0.2, 0.25) is 0 Å². The number of hydrogen-bond donors (Lipinski definition) is 1. The number of hydrogen-bond acceptors (Lipinski definition) is 4. The molecule has 3 aromatic heterocycles. The van der Waals surface area contributed by atoms with E-state index in [0.717, 1.165) is 0 Å². The van der Waals surface area contributed by atoms with Crippen LogP contribution in [0.2, 0.25) is 0 Å². The van der Waals surface area contributed by atoms with Gasteiger partial charge in [-0.15, -0.1) is 0 Å². The van der Waals surface area contributed by atoms with Crippen molar-refractivity contribution in [3.63, 3.8) is 0 Å². The van der Waals surface area contributed by atoms with Crippen molar-refractivity contribution in [2.75, 3.05) is 5.32 Å². The number of halogens is 2. The van der Waals surface area contributed by atoms with E-state index in [-0.39, 0.29) is 17.1 Å². The number of anilines is 1. The molecule has 118 valence electrons. The monoisotopic (exact) mass is 314 g/mol. The number of nitrogens with zero attached hydrogens (tertiary/aromatic N) is 3. The maximum Gasteiger partial charge on any atom is 0.169 e. The quantitative estimate of drug-likeness (QED) is 0.785. The first-order valence-electron chi connectivity index (χ1n) is 7.39. The molecule has 0 spiro atoms. The third kappa shape index (κ3) is 2.84. The first-order valence-corrected chi connectivity index (χ1v) is 7.39. The van der Waals surface area contributed by atoms with Crippen LogP contribution in [-0.2, 0) is 0 Å². The summed E-state index contributed by atoms with van der Waals surface area (Å²) in [4.78, 5) is 12.5. The Hall–Kier alpha value is -2.63. The first-order chi connectivity index (χ1) is 11.1. The Balaban J connectivity index is 2.10. The summed E-state index contributed by atoms with van der Waals surface area (Å²) in [5.74, 6) is -0.902. The van der Waals surface area contributed by atoms with Crippen LogP contribution in [0.3, 0.4) is 0 Å². The zero-order valence-electron chi connectivity index (χ0n) is 12.8. The average molecular weight is 314 g/mol. The third-order valence-corrected chi connectivity index (χ3v) is 3.69. The summed E-state index contributed by atoms with van der Waals surface area (Å²) in [5, 5.41) is 3.06. The maximum absolute atomic E-state index is 14.6. The Kier molecular flexibility index (Phi) is 4.14. The molecule has 0 fully saturated rings. The molecule has 0 aliphatic heterocycles. The largest absolute Gasteiger partial charge is 0.372 e. The summed E-state index contributed by atoms with van der Waals surface area (Å²) in [6, 6.07) is 5.92. The van der Waals surface area contributed by atoms with Gasteiger partial charge in [-0.3, -0.25) is 9.97 Å². The van der Waals surface area contributed by atoms with Gasteiger partial charge in [0.1, 0.15) is 17.0 Å². The Morgan fingerprint density at radius 1 is 1.13 bits per heavy atom. The third-order valence-electron chi connectivity index (χ3n) is 3.69. The van der Waals surface area contributed by atoms with Crippen molar-refractivity contribution in [3.05, 3.63) is 59.7 Å². The highest BCUT2D eigenvalue weighted by molar-refractivity contribution is 5.88. The molecule has 6 heteroatoms. The predicted molar refractivity (Wildman–Crippen MR) is 85.1 cm³/mol. The Morgan fingerprint density at radius 3 is 2.61 bits per heavy atom. The van der Waals surface area contributed by atoms with Crippen LogP contribution in [0, 0.1) is 18.6 Å². The van der Waals surface area contributed by atoms with E-state index in [9.17, 15) is 8.78 Å². The summed E-state index contributed by atoms with van der Waals surface area (Å²) >= 11 is 0. The normalized spacial score (nSPS) is 12.3. The minimum absolute atomic E-state index is 0.227. The van der Waals surface area contributed by atoms with Crippen LogP contribution in [0.25, 0.3) is 11.0 Å². The van der Waals surface area contributed by atoms with E-state index >= 15 is 0 Å². The van der Waals surface area contributed by atoms with Gasteiger partial charge in [-0.05, 0) is 37.6 Å². The molecule has 0 saturated carbocycles. The maximum atomic E-state index is 14.6. The van der Waals surface area contributed by atoms with Gasteiger partial charge in [0.15, 0.2) is 5.82 Å². The van der Waals surface area contributed by atoms with Crippen molar-refractivity contribution in [1.82, 2.24) is 15.0 Å². The smallest absolute Gasteiger partial charge is 0.169 e. The minimum Gasteiger partial charge on any atom is -0.372 e. The lowest BCUT2D eigenvalue weighted by Crippen LogP contribution is -2.15. The summed E-state index contributed by atoms with van der Waals surface area (Å²) < 4.78 is 28.6. The van der Waals surface area contributed by atoms with Crippen LogP contribution in [-0.4, -0.2) is 15.0 Å². The second-order valence-corrected chi connectivity index (χ2v) is 5.23. The zero-order valence-corrected chi connectivity index (χ0v) is 12.8. The molecule has 0 aliphatic carbocycles. The zero-order chi connectivity index (χ0) is 16.4. The first kappa shape index (κ1) is 15.3. The lowest BCUT2D eigenvalue weighted by molar-refractivity contribution is 0.567. The Labute approximate surface area is 132 Å². The molecule has 0 radical (unpaired) electrons. The molecule has 0 bridgehead atoms. The van der Waals surface area contributed by atoms with Gasteiger partial charge in [-0.1, -0.05) is 6.92 Å². The van der Waals surface area contributed by atoms with Gasteiger partial charge >= 0.3 is 0 Å². The molecule has 23 heavy (non-hydrogen) atoms. The van der Waals surface area contributed by atoms with Crippen LogP contribution < -0.4 is 5.32 Å². The molecular weight excluding hydrogens is 298 g/mol. The van der Waals surface area contributed by atoms with Gasteiger partial charge in [0, 0.05) is 12.4 Å². The Bertz CT molecular complexity index is 851. The fraction of sp³-hybridized carbons (Fsp3) is 0.235. The second-order valence-electron chi connectivity index (χ2n) is 5.23. The molecule has 3 heterocycles. The molecule has 1 atom stereocenters. The average Bonchev–Trinajstić information content (AvgIpc) is 2.56. The van der Waals surface area contributed by atoms with Gasteiger partial charge in [-0.25, -0.2) is 13.8 Å². The lowest BCUT2D eigenvalue weighted by Gasteiger charge is -2.20. The topological polar surface area (TPSA) is 50.7 Å². The molecule has 0 aliphatic rings. The highest BCUT2D eigenvalue weighted by atomic mass is 19.1. The summed E-state index contributed by atoms with van der Waals surface area (Å²) in [7, 11) is 0. The van der Waals surface area contributed by atoms with E-state index in [1.807, 2.05) is 6.92 Å². The van der Waals surface area contributed by atoms with Gasteiger partial charge < -0.3 is 5.32 Å². The molecule has 0 aromatic carbocycles. The van der Waals surface area contributed by atoms with E-state index in [1.54, 1.807) is 25.3 Å². The number of aromatic nitrogens is 3. The molecule has 4 nitrogen and oxygen atoms in total. The van der Waals surface area contributed by atoms with Crippen LogP contribution >= 0.6 is 0 Å². The number of fused-ring (bicyclic) bond motifs is 1. The number of rotatable bonds is 4. The minimum atomic E-state index is -0.481. The van der Waals surface area contributed by atoms with E-state index in [2.05, 4.69) is 20.3 Å². The SMILES string of the molecule is CC[C@H](Nc1c(F)c(C)nc2cccnc12)c1ncccc1F. The summed E-state index contributed by atoms with van der Waals surface area (Å²) in [5.41, 5.74) is 1.76. The van der Waals surface area contributed by atoms with Crippen LogP contribution in [0.1, 0.15) is 30.8 Å². The van der Waals surface area contributed by atoms with Crippen molar-refractivity contribution in [2.45, 2.75) is 26.3 Å². The fourth-order valence-electron chi connectivity index (χ4n) is 2.52. The fourth-order valence-corrected chi connectivity index (χ4v) is 2.52. The van der Waals surface area contributed by atoms with Crippen LogP contribution in [0.4, 0.5) is 14.5 Å². The summed E-state index contributed by atoms with van der Waals surface area (Å²) in [6.07, 6.45) is 3.64. The molecule has 0 saturated heterocycles. The molecule has 1 N–H and O–H groups in total. The Morgan fingerprint density at radius 2 is 1.87 bits per heavy atom. The van der Waals surface area contributed by atoms with Crippen molar-refractivity contribution in [3.8, 4) is 0 Å². The molecular formula is C17H16F2N4. The van der Waals surface area contributed by atoms with E-state index in [0.29, 0.717) is 17.5 Å². The summed E-state index contributed by atoms with van der Waals surface area (Å²) in [6.45, 7) is 3.47. The highest BCUT2D eigenvalue weighted by Crippen LogP contribution is 2.30. The van der Waals surface area contributed by atoms with Gasteiger partial charge in [0.25, 0.3) is 0 Å². The van der Waals surface area contributed by atoms with Crippen molar-refractivity contribution in [2.24, 2.45) is 0 Å². The van der Waals surface area contributed by atoms with Crippen molar-refractivity contribution >= 4 is 16.7 Å².